The fraction of sp³-hybridized carbons (Fsp3) is 0.316. The van der Waals surface area contributed by atoms with Gasteiger partial charge in [-0.25, -0.2) is 0 Å². The van der Waals surface area contributed by atoms with Crippen molar-refractivity contribution in [2.75, 3.05) is 26.3 Å². The predicted octanol–water partition coefficient (Wildman–Crippen LogP) is 1.40. The minimum absolute atomic E-state index is 0.377. The molecule has 0 aliphatic carbocycles. The summed E-state index contributed by atoms with van der Waals surface area (Å²) in [6, 6.07) is 13.2. The van der Waals surface area contributed by atoms with E-state index in [1.807, 2.05) is 30.3 Å². The molecule has 2 aliphatic rings. The van der Waals surface area contributed by atoms with Crippen LogP contribution in [0.15, 0.2) is 36.4 Å². The third kappa shape index (κ3) is 3.59. The minimum Gasteiger partial charge on any atom is -0.457 e. The first-order valence-corrected chi connectivity index (χ1v) is 8.66. The van der Waals surface area contributed by atoms with Gasteiger partial charge in [0, 0.05) is 25.2 Å². The predicted molar refractivity (Wildman–Crippen MR) is 96.2 cm³/mol. The number of benzene rings is 2. The van der Waals surface area contributed by atoms with Crippen LogP contribution in [0.25, 0.3) is 0 Å². The molecular formula is C19H19BN2O4. The van der Waals surface area contributed by atoms with Crippen molar-refractivity contribution in [2.24, 2.45) is 0 Å². The maximum atomic E-state index is 9.74. The average molecular weight is 350 g/mol. The van der Waals surface area contributed by atoms with Gasteiger partial charge in [0.15, 0.2) is 0 Å². The Hall–Kier alpha value is -2.37. The standard InChI is InChI=1S/C19H19BN2O4/c21-11-14-1-4-19(15(9-14)12-22-5-7-24-8-6-22)26-17-2-3-18-16(10-17)13-25-20(18)23/h1-4,9-10,23H,5-8,12-13H2. The topological polar surface area (TPSA) is 75.0 Å². The molecule has 0 atom stereocenters. The van der Waals surface area contributed by atoms with Crippen LogP contribution in [0.2, 0.25) is 0 Å². The number of hydrogen-bond acceptors (Lipinski definition) is 6. The molecule has 7 heteroatoms. The van der Waals surface area contributed by atoms with E-state index in [1.54, 1.807) is 6.07 Å². The van der Waals surface area contributed by atoms with Gasteiger partial charge >= 0.3 is 7.12 Å². The number of rotatable bonds is 4. The van der Waals surface area contributed by atoms with Crippen molar-refractivity contribution in [3.63, 3.8) is 0 Å². The molecule has 2 aliphatic heterocycles. The van der Waals surface area contributed by atoms with Gasteiger partial charge in [-0.1, -0.05) is 6.07 Å². The molecule has 1 N–H and O–H groups in total. The van der Waals surface area contributed by atoms with E-state index in [0.717, 1.165) is 48.6 Å². The summed E-state index contributed by atoms with van der Waals surface area (Å²) >= 11 is 0. The highest BCUT2D eigenvalue weighted by molar-refractivity contribution is 6.61. The molecule has 26 heavy (non-hydrogen) atoms. The van der Waals surface area contributed by atoms with Crippen LogP contribution in [0.1, 0.15) is 16.7 Å². The summed E-state index contributed by atoms with van der Waals surface area (Å²) in [5.74, 6) is 1.42. The first-order chi connectivity index (χ1) is 12.7. The maximum Gasteiger partial charge on any atom is 0.491 e. The third-order valence-electron chi connectivity index (χ3n) is 4.69. The number of hydrogen-bond donors (Lipinski definition) is 1. The fourth-order valence-electron chi connectivity index (χ4n) is 3.27. The molecule has 132 valence electrons. The SMILES string of the molecule is N#Cc1ccc(Oc2ccc3c(c2)COB3O)c(CN2CCOCC2)c1. The minimum atomic E-state index is -0.856. The lowest BCUT2D eigenvalue weighted by molar-refractivity contribution is 0.0339. The summed E-state index contributed by atoms with van der Waals surface area (Å²) in [4.78, 5) is 2.29. The van der Waals surface area contributed by atoms with Gasteiger partial charge in [-0.05, 0) is 41.4 Å². The van der Waals surface area contributed by atoms with Crippen LogP contribution >= 0.6 is 0 Å². The molecule has 0 unspecified atom stereocenters. The molecule has 0 saturated carbocycles. The van der Waals surface area contributed by atoms with Crippen LogP contribution < -0.4 is 10.2 Å². The number of nitrogens with zero attached hydrogens (tertiary/aromatic N) is 2. The van der Waals surface area contributed by atoms with Gasteiger partial charge in [0.1, 0.15) is 11.5 Å². The second-order valence-electron chi connectivity index (χ2n) is 6.45. The Labute approximate surface area is 152 Å². The second kappa shape index (κ2) is 7.48. The monoisotopic (exact) mass is 350 g/mol. The number of fused-ring (bicyclic) bond motifs is 1. The zero-order valence-corrected chi connectivity index (χ0v) is 14.4. The van der Waals surface area contributed by atoms with Crippen molar-refractivity contribution >= 4 is 12.6 Å². The largest absolute Gasteiger partial charge is 0.491 e. The summed E-state index contributed by atoms with van der Waals surface area (Å²) in [7, 11) is -0.856. The Morgan fingerprint density at radius 1 is 1.19 bits per heavy atom. The van der Waals surface area contributed by atoms with Gasteiger partial charge in [0.25, 0.3) is 0 Å². The highest BCUT2D eigenvalue weighted by Gasteiger charge is 2.27. The van der Waals surface area contributed by atoms with Gasteiger partial charge in [0.2, 0.25) is 0 Å². The average Bonchev–Trinajstić information content (AvgIpc) is 3.04. The molecule has 2 aromatic rings. The van der Waals surface area contributed by atoms with E-state index < -0.39 is 7.12 Å². The van der Waals surface area contributed by atoms with Crippen molar-refractivity contribution < 1.29 is 19.2 Å². The van der Waals surface area contributed by atoms with Crippen LogP contribution in [0.3, 0.4) is 0 Å². The molecule has 0 spiro atoms. The highest BCUT2D eigenvalue weighted by atomic mass is 16.5. The molecule has 4 rings (SSSR count). The maximum absolute atomic E-state index is 9.74. The van der Waals surface area contributed by atoms with Crippen LogP contribution in [0, 0.1) is 11.3 Å². The summed E-state index contributed by atoms with van der Waals surface area (Å²) in [5.41, 5.74) is 3.30. The van der Waals surface area contributed by atoms with E-state index in [1.165, 1.54) is 0 Å². The van der Waals surface area contributed by atoms with Crippen LogP contribution in [0.4, 0.5) is 0 Å². The summed E-state index contributed by atoms with van der Waals surface area (Å²) < 4.78 is 16.7. The zero-order valence-electron chi connectivity index (χ0n) is 14.4. The van der Waals surface area contributed by atoms with E-state index >= 15 is 0 Å². The Morgan fingerprint density at radius 3 is 2.85 bits per heavy atom. The smallest absolute Gasteiger partial charge is 0.457 e. The van der Waals surface area contributed by atoms with Gasteiger partial charge in [-0.15, -0.1) is 0 Å². The normalized spacial score (nSPS) is 17.0. The third-order valence-corrected chi connectivity index (χ3v) is 4.69. The number of nitriles is 1. The van der Waals surface area contributed by atoms with Crippen molar-refractivity contribution in [3.05, 3.63) is 53.1 Å². The second-order valence-corrected chi connectivity index (χ2v) is 6.45. The molecule has 0 aromatic heterocycles. The molecule has 1 saturated heterocycles. The Balaban J connectivity index is 1.58. The van der Waals surface area contributed by atoms with Gasteiger partial charge in [-0.2, -0.15) is 5.26 Å². The molecule has 0 radical (unpaired) electrons. The summed E-state index contributed by atoms with van der Waals surface area (Å²) in [6.07, 6.45) is 0. The molecule has 0 amide bonds. The number of ether oxygens (including phenoxy) is 2. The van der Waals surface area contributed by atoms with Crippen molar-refractivity contribution in [1.29, 1.82) is 5.26 Å². The summed E-state index contributed by atoms with van der Waals surface area (Å²) in [5, 5.41) is 19.0. The van der Waals surface area contributed by atoms with E-state index in [0.29, 0.717) is 24.5 Å². The number of morpholine rings is 1. The molecular weight excluding hydrogens is 331 g/mol. The molecule has 6 nitrogen and oxygen atoms in total. The molecule has 2 aromatic carbocycles. The van der Waals surface area contributed by atoms with E-state index in [-0.39, 0.29) is 0 Å². The van der Waals surface area contributed by atoms with Crippen molar-refractivity contribution in [1.82, 2.24) is 4.90 Å². The van der Waals surface area contributed by atoms with E-state index in [4.69, 9.17) is 14.1 Å². The Bertz CT molecular complexity index is 846. The van der Waals surface area contributed by atoms with Crippen LogP contribution in [-0.2, 0) is 22.5 Å². The van der Waals surface area contributed by atoms with Crippen LogP contribution in [-0.4, -0.2) is 43.3 Å². The first kappa shape index (κ1) is 17.1. The lowest BCUT2D eigenvalue weighted by Crippen LogP contribution is -2.35. The quantitative estimate of drug-likeness (QED) is 0.841. The Morgan fingerprint density at radius 2 is 2.04 bits per heavy atom. The molecule has 0 bridgehead atoms. The van der Waals surface area contributed by atoms with Crippen molar-refractivity contribution in [2.45, 2.75) is 13.2 Å². The fourth-order valence-corrected chi connectivity index (χ4v) is 3.27. The van der Waals surface area contributed by atoms with Gasteiger partial charge in [0.05, 0.1) is 31.5 Å². The highest BCUT2D eigenvalue weighted by Crippen LogP contribution is 2.29. The van der Waals surface area contributed by atoms with Crippen molar-refractivity contribution in [3.8, 4) is 17.6 Å². The lowest BCUT2D eigenvalue weighted by Gasteiger charge is -2.27. The lowest BCUT2D eigenvalue weighted by atomic mass is 9.80. The Kier molecular flexibility index (Phi) is 4.91. The van der Waals surface area contributed by atoms with Gasteiger partial charge < -0.3 is 19.2 Å². The first-order valence-electron chi connectivity index (χ1n) is 8.66. The van der Waals surface area contributed by atoms with Gasteiger partial charge in [-0.3, -0.25) is 4.90 Å². The zero-order chi connectivity index (χ0) is 17.9. The molecule has 1 fully saturated rings. The summed E-state index contributed by atoms with van der Waals surface area (Å²) in [6.45, 7) is 4.26. The van der Waals surface area contributed by atoms with E-state index in [9.17, 15) is 10.3 Å². The van der Waals surface area contributed by atoms with E-state index in [2.05, 4.69) is 11.0 Å². The van der Waals surface area contributed by atoms with Crippen LogP contribution in [0.5, 0.6) is 11.5 Å². The molecule has 2 heterocycles.